The zero-order chi connectivity index (χ0) is 12.3. The first kappa shape index (κ1) is 13.5. The van der Waals surface area contributed by atoms with Crippen molar-refractivity contribution in [1.29, 1.82) is 0 Å². The van der Waals surface area contributed by atoms with Gasteiger partial charge in [-0.1, -0.05) is 12.2 Å². The molecule has 0 fully saturated rings. The van der Waals surface area contributed by atoms with E-state index in [2.05, 4.69) is 15.9 Å². The minimum absolute atomic E-state index is 0.00752. The Morgan fingerprint density at radius 3 is 2.69 bits per heavy atom. The first-order valence-corrected chi connectivity index (χ1v) is 5.71. The summed E-state index contributed by atoms with van der Waals surface area (Å²) < 4.78 is 27.2. The minimum Gasteiger partial charge on any atom is -0.392 e. The number of thiocarbonyl (C=S) groups is 1. The van der Waals surface area contributed by atoms with Crippen LogP contribution in [0.4, 0.5) is 8.78 Å². The quantitative estimate of drug-likeness (QED) is 0.684. The van der Waals surface area contributed by atoms with E-state index in [0.717, 1.165) is 0 Å². The van der Waals surface area contributed by atoms with Crippen molar-refractivity contribution < 1.29 is 8.78 Å². The van der Waals surface area contributed by atoms with Gasteiger partial charge in [0, 0.05) is 18.7 Å². The molecule has 0 radical (unpaired) electrons. The molecule has 0 bridgehead atoms. The normalized spacial score (nSPS) is 10.8. The fourth-order valence-electron chi connectivity index (χ4n) is 1.31. The highest BCUT2D eigenvalue weighted by Gasteiger charge is 2.14. The largest absolute Gasteiger partial charge is 0.392 e. The van der Waals surface area contributed by atoms with E-state index in [0.29, 0.717) is 11.5 Å². The Morgan fingerprint density at radius 2 is 2.12 bits per heavy atom. The Bertz CT molecular complexity index is 412. The first-order valence-electron chi connectivity index (χ1n) is 4.51. The third-order valence-corrected chi connectivity index (χ3v) is 2.73. The van der Waals surface area contributed by atoms with Gasteiger partial charge >= 0.3 is 0 Å². The van der Waals surface area contributed by atoms with Crippen LogP contribution >= 0.6 is 28.1 Å². The van der Waals surface area contributed by atoms with Crippen LogP contribution in [0.5, 0.6) is 0 Å². The molecule has 1 aromatic rings. The molecule has 0 aliphatic heterocycles. The molecule has 16 heavy (non-hydrogen) atoms. The molecule has 0 aliphatic rings. The summed E-state index contributed by atoms with van der Waals surface area (Å²) in [6.07, 6.45) is 0. The van der Waals surface area contributed by atoms with E-state index in [4.69, 9.17) is 18.0 Å². The maximum absolute atomic E-state index is 13.6. The Morgan fingerprint density at radius 1 is 1.50 bits per heavy atom. The fourth-order valence-corrected chi connectivity index (χ4v) is 1.90. The lowest BCUT2D eigenvalue weighted by Gasteiger charge is -2.16. The van der Waals surface area contributed by atoms with Crippen molar-refractivity contribution in [2.24, 2.45) is 5.73 Å². The summed E-state index contributed by atoms with van der Waals surface area (Å²) in [6.45, 7) is 0.440. The number of likely N-dealkylation sites (N-methyl/N-ethyl adjacent to an activating group) is 1. The fraction of sp³-hybridized carbons (Fsp3) is 0.300. The van der Waals surface area contributed by atoms with Gasteiger partial charge < -0.3 is 5.73 Å². The molecule has 0 saturated carbocycles. The molecule has 0 atom stereocenters. The van der Waals surface area contributed by atoms with Gasteiger partial charge in [0.15, 0.2) is 0 Å². The lowest BCUT2D eigenvalue weighted by atomic mass is 10.2. The summed E-state index contributed by atoms with van der Waals surface area (Å²) in [5.41, 5.74) is 5.35. The van der Waals surface area contributed by atoms with E-state index in [1.165, 1.54) is 12.1 Å². The van der Waals surface area contributed by atoms with Crippen LogP contribution in [-0.4, -0.2) is 23.5 Å². The molecule has 0 saturated heterocycles. The van der Waals surface area contributed by atoms with Gasteiger partial charge in [-0.15, -0.1) is 0 Å². The second-order valence-corrected chi connectivity index (χ2v) is 4.84. The summed E-state index contributed by atoms with van der Waals surface area (Å²) in [6, 6.07) is 2.55. The van der Waals surface area contributed by atoms with Gasteiger partial charge in [-0.2, -0.15) is 0 Å². The Kier molecular flexibility index (Phi) is 4.76. The van der Waals surface area contributed by atoms with Crippen LogP contribution in [0.25, 0.3) is 0 Å². The smallest absolute Gasteiger partial charge is 0.144 e. The lowest BCUT2D eigenvalue weighted by molar-refractivity contribution is 0.356. The predicted molar refractivity (Wildman–Crippen MR) is 67.2 cm³/mol. The highest BCUT2D eigenvalue weighted by molar-refractivity contribution is 9.10. The van der Waals surface area contributed by atoms with Crippen LogP contribution in [-0.2, 0) is 6.54 Å². The number of hydrogen-bond donors (Lipinski definition) is 1. The van der Waals surface area contributed by atoms with E-state index < -0.39 is 11.6 Å². The van der Waals surface area contributed by atoms with Gasteiger partial charge in [0.2, 0.25) is 0 Å². The monoisotopic (exact) mass is 308 g/mol. The average molecular weight is 309 g/mol. The molecule has 1 aromatic carbocycles. The molecule has 0 amide bonds. The maximum atomic E-state index is 13.6. The number of hydrogen-bond acceptors (Lipinski definition) is 2. The molecular weight excluding hydrogens is 298 g/mol. The third kappa shape index (κ3) is 3.47. The second kappa shape index (κ2) is 5.65. The van der Waals surface area contributed by atoms with Crippen molar-refractivity contribution in [3.05, 3.63) is 33.8 Å². The number of benzene rings is 1. The molecule has 2 N–H and O–H groups in total. The van der Waals surface area contributed by atoms with E-state index in [1.807, 2.05) is 0 Å². The van der Waals surface area contributed by atoms with Crippen molar-refractivity contribution in [2.45, 2.75) is 6.54 Å². The van der Waals surface area contributed by atoms with Crippen molar-refractivity contribution in [3.8, 4) is 0 Å². The molecule has 0 heterocycles. The predicted octanol–water partition coefficient (Wildman–Crippen LogP) is 2.45. The average Bonchev–Trinajstić information content (AvgIpc) is 2.17. The Balaban J connectivity index is 2.88. The van der Waals surface area contributed by atoms with Gasteiger partial charge in [-0.25, -0.2) is 8.78 Å². The summed E-state index contributed by atoms with van der Waals surface area (Å²) in [5, 5.41) is 0. The number of nitrogens with zero attached hydrogens (tertiary/aromatic N) is 1. The Hall–Kier alpha value is -0.590. The maximum Gasteiger partial charge on any atom is 0.144 e. The van der Waals surface area contributed by atoms with Crippen molar-refractivity contribution in [1.82, 2.24) is 4.90 Å². The van der Waals surface area contributed by atoms with Gasteiger partial charge in [0.25, 0.3) is 0 Å². The molecule has 1 rings (SSSR count). The van der Waals surface area contributed by atoms with E-state index >= 15 is 0 Å². The third-order valence-electron chi connectivity index (χ3n) is 1.99. The minimum atomic E-state index is -0.588. The van der Waals surface area contributed by atoms with Gasteiger partial charge in [0.1, 0.15) is 11.6 Å². The van der Waals surface area contributed by atoms with Gasteiger partial charge in [0.05, 0.1) is 9.46 Å². The molecule has 0 unspecified atom stereocenters. The molecule has 0 spiro atoms. The molecule has 2 nitrogen and oxygen atoms in total. The van der Waals surface area contributed by atoms with Gasteiger partial charge in [-0.05, 0) is 35.1 Å². The van der Waals surface area contributed by atoms with Crippen LogP contribution in [0, 0.1) is 11.6 Å². The summed E-state index contributed by atoms with van der Waals surface area (Å²) >= 11 is 7.73. The molecule has 6 heteroatoms. The first-order chi connectivity index (χ1) is 7.41. The topological polar surface area (TPSA) is 29.3 Å². The van der Waals surface area contributed by atoms with Crippen LogP contribution in [0.2, 0.25) is 0 Å². The zero-order valence-electron chi connectivity index (χ0n) is 8.64. The highest BCUT2D eigenvalue weighted by atomic mass is 79.9. The number of rotatable bonds is 4. The second-order valence-electron chi connectivity index (χ2n) is 3.46. The molecule has 88 valence electrons. The van der Waals surface area contributed by atoms with Crippen LogP contribution < -0.4 is 5.73 Å². The van der Waals surface area contributed by atoms with E-state index in [9.17, 15) is 8.78 Å². The van der Waals surface area contributed by atoms with Crippen LogP contribution in [0.3, 0.4) is 0 Å². The molecular formula is C10H11BrF2N2S. The summed E-state index contributed by atoms with van der Waals surface area (Å²) in [7, 11) is 1.69. The number of halogens is 3. The highest BCUT2D eigenvalue weighted by Crippen LogP contribution is 2.22. The summed E-state index contributed by atoms with van der Waals surface area (Å²) in [5.74, 6) is -1.16. The van der Waals surface area contributed by atoms with Crippen molar-refractivity contribution in [3.63, 3.8) is 0 Å². The van der Waals surface area contributed by atoms with Crippen LogP contribution in [0.15, 0.2) is 16.6 Å². The lowest BCUT2D eigenvalue weighted by Crippen LogP contribution is -2.29. The molecule has 0 aromatic heterocycles. The zero-order valence-corrected chi connectivity index (χ0v) is 11.0. The standard InChI is InChI=1S/C10H11BrF2N2S/c1-15(5-9(14)16)4-6-8(12)3-2-7(11)10(6)13/h2-3H,4-5H2,1H3,(H2,14,16). The Labute approximate surface area is 107 Å². The van der Waals surface area contributed by atoms with Gasteiger partial charge in [-0.3, -0.25) is 4.90 Å². The van der Waals surface area contributed by atoms with Crippen molar-refractivity contribution in [2.75, 3.05) is 13.6 Å². The summed E-state index contributed by atoms with van der Waals surface area (Å²) in [4.78, 5) is 1.94. The van der Waals surface area contributed by atoms with E-state index in [-0.39, 0.29) is 16.6 Å². The van der Waals surface area contributed by atoms with Crippen molar-refractivity contribution >= 4 is 33.1 Å². The molecule has 0 aliphatic carbocycles. The van der Waals surface area contributed by atoms with Crippen LogP contribution in [0.1, 0.15) is 5.56 Å². The van der Waals surface area contributed by atoms with E-state index in [1.54, 1.807) is 11.9 Å². The number of nitrogens with two attached hydrogens (primary N) is 1. The SMILES string of the molecule is CN(CC(N)=S)Cc1c(F)ccc(Br)c1F.